The zero-order valence-corrected chi connectivity index (χ0v) is 16.8. The van der Waals surface area contributed by atoms with Crippen LogP contribution in [-0.4, -0.2) is 76.6 Å². The van der Waals surface area contributed by atoms with Crippen LogP contribution in [0.3, 0.4) is 0 Å². The lowest BCUT2D eigenvalue weighted by molar-refractivity contribution is -0.142. The Hall–Kier alpha value is -1.84. The van der Waals surface area contributed by atoms with Gasteiger partial charge in [-0.15, -0.1) is 0 Å². The van der Waals surface area contributed by atoms with Gasteiger partial charge in [-0.2, -0.15) is 4.31 Å². The quantitative estimate of drug-likeness (QED) is 0.736. The van der Waals surface area contributed by atoms with Crippen molar-refractivity contribution in [2.45, 2.75) is 30.8 Å². The first kappa shape index (κ1) is 19.9. The third-order valence-corrected chi connectivity index (χ3v) is 7.10. The highest BCUT2D eigenvalue weighted by molar-refractivity contribution is 7.89. The number of rotatable bonds is 5. The second-order valence-corrected chi connectivity index (χ2v) is 8.61. The molecule has 1 amide bonds. The van der Waals surface area contributed by atoms with Crippen molar-refractivity contribution in [3.05, 3.63) is 17.7 Å². The average molecular weight is 398 g/mol. The zero-order chi connectivity index (χ0) is 19.6. The average Bonchev–Trinajstić information content (AvgIpc) is 3.21. The number of benzene rings is 1. The molecule has 0 spiro atoms. The number of hydrogen-bond donors (Lipinski definition) is 0. The van der Waals surface area contributed by atoms with Gasteiger partial charge in [0.2, 0.25) is 10.0 Å². The fraction of sp³-hybridized carbons (Fsp3) is 0.611. The predicted molar refractivity (Wildman–Crippen MR) is 98.6 cm³/mol. The number of methoxy groups -OCH3 is 2. The molecule has 1 unspecified atom stereocenters. The Bertz CT molecular complexity index is 796. The van der Waals surface area contributed by atoms with Crippen LogP contribution in [0.5, 0.6) is 11.5 Å². The van der Waals surface area contributed by atoms with Gasteiger partial charge in [-0.1, -0.05) is 0 Å². The summed E-state index contributed by atoms with van der Waals surface area (Å²) in [5, 5.41) is 0. The van der Waals surface area contributed by atoms with Crippen LogP contribution in [0.4, 0.5) is 0 Å². The number of nitrogens with zero attached hydrogens (tertiary/aromatic N) is 2. The number of piperazine rings is 1. The van der Waals surface area contributed by atoms with E-state index in [1.807, 2.05) is 0 Å². The highest BCUT2D eigenvalue weighted by Crippen LogP contribution is 2.33. The van der Waals surface area contributed by atoms with Crippen molar-refractivity contribution < 1.29 is 27.4 Å². The fourth-order valence-corrected chi connectivity index (χ4v) is 5.15. The molecule has 27 heavy (non-hydrogen) atoms. The Morgan fingerprint density at radius 1 is 1.11 bits per heavy atom. The van der Waals surface area contributed by atoms with E-state index in [0.29, 0.717) is 36.8 Å². The molecule has 0 N–H and O–H groups in total. The second-order valence-electron chi connectivity index (χ2n) is 6.70. The van der Waals surface area contributed by atoms with Crippen molar-refractivity contribution in [2.75, 3.05) is 47.0 Å². The van der Waals surface area contributed by atoms with Gasteiger partial charge < -0.3 is 19.1 Å². The van der Waals surface area contributed by atoms with Gasteiger partial charge in [0.25, 0.3) is 5.91 Å². The van der Waals surface area contributed by atoms with Crippen LogP contribution < -0.4 is 9.47 Å². The Kier molecular flexibility index (Phi) is 5.92. The van der Waals surface area contributed by atoms with E-state index in [9.17, 15) is 13.2 Å². The van der Waals surface area contributed by atoms with Crippen molar-refractivity contribution >= 4 is 15.9 Å². The van der Waals surface area contributed by atoms with Gasteiger partial charge in [0.05, 0.1) is 19.1 Å². The molecule has 2 aliphatic rings. The lowest BCUT2D eigenvalue weighted by Crippen LogP contribution is -2.52. The topological polar surface area (TPSA) is 85.4 Å². The minimum Gasteiger partial charge on any atom is -0.493 e. The SMILES string of the molecule is COc1cc(C)c(S(=O)(=O)N2CCN(C(=O)C3CCCO3)CC2)cc1OC. The third-order valence-electron chi connectivity index (χ3n) is 5.05. The molecule has 0 bridgehead atoms. The standard InChI is InChI=1S/C18H26N2O6S/c1-13-11-15(24-2)16(25-3)12-17(13)27(22,23)20-8-6-19(7-9-20)18(21)14-5-4-10-26-14/h11-12,14H,4-10H2,1-3H3. The van der Waals surface area contributed by atoms with E-state index in [0.717, 1.165) is 12.8 Å². The van der Waals surface area contributed by atoms with Crippen molar-refractivity contribution in [1.82, 2.24) is 9.21 Å². The maximum Gasteiger partial charge on any atom is 0.251 e. The first-order valence-electron chi connectivity index (χ1n) is 9.01. The van der Waals surface area contributed by atoms with Crippen LogP contribution in [-0.2, 0) is 19.6 Å². The molecular weight excluding hydrogens is 372 g/mol. The van der Waals surface area contributed by atoms with E-state index in [-0.39, 0.29) is 30.0 Å². The summed E-state index contributed by atoms with van der Waals surface area (Å²) in [6.07, 6.45) is 1.26. The van der Waals surface area contributed by atoms with Crippen molar-refractivity contribution in [3.8, 4) is 11.5 Å². The third kappa shape index (κ3) is 3.90. The van der Waals surface area contributed by atoms with E-state index in [2.05, 4.69) is 0 Å². The molecule has 1 atom stereocenters. The highest BCUT2D eigenvalue weighted by atomic mass is 32.2. The Morgan fingerprint density at radius 2 is 1.74 bits per heavy atom. The summed E-state index contributed by atoms with van der Waals surface area (Å²) in [5.74, 6) is 0.821. The number of aryl methyl sites for hydroxylation is 1. The molecule has 2 fully saturated rings. The molecule has 1 aromatic carbocycles. The molecule has 2 saturated heterocycles. The first-order valence-corrected chi connectivity index (χ1v) is 10.5. The minimum absolute atomic E-state index is 0.0353. The summed E-state index contributed by atoms with van der Waals surface area (Å²) in [6, 6.07) is 3.15. The van der Waals surface area contributed by atoms with Crippen molar-refractivity contribution in [1.29, 1.82) is 0 Å². The smallest absolute Gasteiger partial charge is 0.251 e. The van der Waals surface area contributed by atoms with Gasteiger partial charge in [0, 0.05) is 38.9 Å². The maximum atomic E-state index is 13.1. The molecule has 2 aliphatic heterocycles. The Labute approximate surface area is 160 Å². The monoisotopic (exact) mass is 398 g/mol. The highest BCUT2D eigenvalue weighted by Gasteiger charge is 2.34. The Morgan fingerprint density at radius 3 is 2.30 bits per heavy atom. The van der Waals surface area contributed by atoms with E-state index in [1.165, 1.54) is 24.6 Å². The van der Waals surface area contributed by atoms with E-state index >= 15 is 0 Å². The molecule has 0 aromatic heterocycles. The number of carbonyl (C=O) groups is 1. The lowest BCUT2D eigenvalue weighted by atomic mass is 10.2. The molecule has 0 radical (unpaired) electrons. The summed E-state index contributed by atoms with van der Waals surface area (Å²) in [5.41, 5.74) is 0.588. The summed E-state index contributed by atoms with van der Waals surface area (Å²) in [4.78, 5) is 14.3. The second kappa shape index (κ2) is 8.04. The predicted octanol–water partition coefficient (Wildman–Crippen LogP) is 1.02. The van der Waals surface area contributed by atoms with Crippen LogP contribution in [0.15, 0.2) is 17.0 Å². The van der Waals surface area contributed by atoms with Crippen LogP contribution in [0.25, 0.3) is 0 Å². The molecule has 9 heteroatoms. The Balaban J connectivity index is 1.74. The largest absolute Gasteiger partial charge is 0.493 e. The number of hydrogen-bond acceptors (Lipinski definition) is 6. The molecule has 0 saturated carbocycles. The lowest BCUT2D eigenvalue weighted by Gasteiger charge is -2.35. The number of sulfonamides is 1. The molecule has 150 valence electrons. The van der Waals surface area contributed by atoms with Crippen LogP contribution >= 0.6 is 0 Å². The van der Waals surface area contributed by atoms with Crippen LogP contribution in [0.2, 0.25) is 0 Å². The van der Waals surface area contributed by atoms with E-state index in [4.69, 9.17) is 14.2 Å². The zero-order valence-electron chi connectivity index (χ0n) is 15.9. The first-order chi connectivity index (χ1) is 12.9. The van der Waals surface area contributed by atoms with Gasteiger partial charge in [0.15, 0.2) is 11.5 Å². The normalized spacial score (nSPS) is 21.3. The molecule has 3 rings (SSSR count). The summed E-state index contributed by atoms with van der Waals surface area (Å²) in [6.45, 7) is 3.59. The summed E-state index contributed by atoms with van der Waals surface area (Å²) in [7, 11) is -0.709. The van der Waals surface area contributed by atoms with Crippen molar-refractivity contribution in [2.24, 2.45) is 0 Å². The molecule has 0 aliphatic carbocycles. The van der Waals surface area contributed by atoms with E-state index < -0.39 is 10.0 Å². The molecule has 8 nitrogen and oxygen atoms in total. The van der Waals surface area contributed by atoms with Crippen LogP contribution in [0, 0.1) is 6.92 Å². The fourth-order valence-electron chi connectivity index (χ4n) is 3.50. The van der Waals surface area contributed by atoms with Gasteiger partial charge >= 0.3 is 0 Å². The molecular formula is C18H26N2O6S. The summed E-state index contributed by atoms with van der Waals surface area (Å²) >= 11 is 0. The minimum atomic E-state index is -3.69. The van der Waals surface area contributed by atoms with Crippen molar-refractivity contribution in [3.63, 3.8) is 0 Å². The number of carbonyl (C=O) groups excluding carboxylic acids is 1. The van der Waals surface area contributed by atoms with Gasteiger partial charge in [-0.3, -0.25) is 4.79 Å². The maximum absolute atomic E-state index is 13.1. The molecule has 2 heterocycles. The summed E-state index contributed by atoms with van der Waals surface area (Å²) < 4.78 is 43.6. The van der Waals surface area contributed by atoms with Gasteiger partial charge in [0.1, 0.15) is 6.10 Å². The number of ether oxygens (including phenoxy) is 3. The van der Waals surface area contributed by atoms with E-state index in [1.54, 1.807) is 17.9 Å². The van der Waals surface area contributed by atoms with Gasteiger partial charge in [-0.25, -0.2) is 8.42 Å². The van der Waals surface area contributed by atoms with Crippen LogP contribution in [0.1, 0.15) is 18.4 Å². The number of amides is 1. The van der Waals surface area contributed by atoms with Gasteiger partial charge in [-0.05, 0) is 31.4 Å². The molecule has 1 aromatic rings.